The molecule has 2 saturated heterocycles. The number of hydrogen-bond acceptors (Lipinski definition) is 4. The lowest BCUT2D eigenvalue weighted by Gasteiger charge is -2.32. The number of fused-ring (bicyclic) bond motifs is 1. The normalized spacial score (nSPS) is 22.8. The minimum absolute atomic E-state index is 0.224. The van der Waals surface area contributed by atoms with E-state index in [1.807, 2.05) is 40.0 Å². The van der Waals surface area contributed by atoms with Gasteiger partial charge in [-0.15, -0.1) is 0 Å². The molecule has 0 saturated carbocycles. The standard InChI is InChI=1S/C17H23N5O/c23-17(11-14-12-19-22-7-2-1-3-16(14)22)21-8-4-15(13-21)20-9-5-18-6-10-20/h1-3,7,12,15,18H,4-6,8-11,13H2. The van der Waals surface area contributed by atoms with Gasteiger partial charge in [0, 0.05) is 57.1 Å². The lowest BCUT2D eigenvalue weighted by atomic mass is 10.2. The molecule has 4 rings (SSSR count). The van der Waals surface area contributed by atoms with Gasteiger partial charge in [-0.2, -0.15) is 5.10 Å². The van der Waals surface area contributed by atoms with E-state index in [4.69, 9.17) is 0 Å². The molecule has 4 heterocycles. The van der Waals surface area contributed by atoms with Crippen LogP contribution in [0.3, 0.4) is 0 Å². The lowest BCUT2D eigenvalue weighted by Crippen LogP contribution is -2.49. The zero-order chi connectivity index (χ0) is 15.6. The fraction of sp³-hybridized carbons (Fsp3) is 0.529. The average Bonchev–Trinajstić information content (AvgIpc) is 3.24. The van der Waals surface area contributed by atoms with E-state index in [1.54, 1.807) is 0 Å². The van der Waals surface area contributed by atoms with Gasteiger partial charge < -0.3 is 10.2 Å². The minimum Gasteiger partial charge on any atom is -0.341 e. The molecule has 2 aliphatic heterocycles. The Hall–Kier alpha value is -1.92. The quantitative estimate of drug-likeness (QED) is 0.890. The first-order chi connectivity index (χ1) is 11.3. The zero-order valence-electron chi connectivity index (χ0n) is 13.3. The first-order valence-electron chi connectivity index (χ1n) is 8.45. The van der Waals surface area contributed by atoms with Gasteiger partial charge >= 0.3 is 0 Å². The van der Waals surface area contributed by atoms with Crippen molar-refractivity contribution in [2.75, 3.05) is 39.3 Å². The van der Waals surface area contributed by atoms with Crippen molar-refractivity contribution in [3.8, 4) is 0 Å². The summed E-state index contributed by atoms with van der Waals surface area (Å²) in [6.07, 6.45) is 5.28. The molecule has 1 unspecified atom stereocenters. The molecule has 1 amide bonds. The van der Waals surface area contributed by atoms with Crippen LogP contribution in [0.15, 0.2) is 30.6 Å². The predicted molar refractivity (Wildman–Crippen MR) is 88.3 cm³/mol. The smallest absolute Gasteiger partial charge is 0.227 e. The fourth-order valence-corrected chi connectivity index (χ4v) is 3.71. The van der Waals surface area contributed by atoms with E-state index in [-0.39, 0.29) is 5.91 Å². The summed E-state index contributed by atoms with van der Waals surface area (Å²) in [5.74, 6) is 0.224. The maximum Gasteiger partial charge on any atom is 0.227 e. The van der Waals surface area contributed by atoms with E-state index in [0.717, 1.165) is 56.8 Å². The van der Waals surface area contributed by atoms with Crippen LogP contribution in [0.2, 0.25) is 0 Å². The highest BCUT2D eigenvalue weighted by atomic mass is 16.2. The molecule has 23 heavy (non-hydrogen) atoms. The lowest BCUT2D eigenvalue weighted by molar-refractivity contribution is -0.129. The van der Waals surface area contributed by atoms with Crippen molar-refractivity contribution in [3.05, 3.63) is 36.2 Å². The van der Waals surface area contributed by atoms with Crippen LogP contribution in [0, 0.1) is 0 Å². The van der Waals surface area contributed by atoms with Gasteiger partial charge in [0.2, 0.25) is 5.91 Å². The summed E-state index contributed by atoms with van der Waals surface area (Å²) in [5, 5.41) is 7.70. The van der Waals surface area contributed by atoms with Crippen LogP contribution in [-0.4, -0.2) is 70.6 Å². The maximum atomic E-state index is 12.6. The van der Waals surface area contributed by atoms with Crippen LogP contribution in [0.5, 0.6) is 0 Å². The summed E-state index contributed by atoms with van der Waals surface area (Å²) >= 11 is 0. The Kier molecular flexibility index (Phi) is 4.01. The van der Waals surface area contributed by atoms with E-state index in [9.17, 15) is 4.79 Å². The molecule has 122 valence electrons. The second-order valence-electron chi connectivity index (χ2n) is 6.45. The van der Waals surface area contributed by atoms with Crippen molar-refractivity contribution in [1.82, 2.24) is 24.7 Å². The van der Waals surface area contributed by atoms with Crippen LogP contribution in [0.4, 0.5) is 0 Å². The highest BCUT2D eigenvalue weighted by molar-refractivity contribution is 5.81. The number of piperazine rings is 1. The van der Waals surface area contributed by atoms with Crippen molar-refractivity contribution >= 4 is 11.4 Å². The molecular weight excluding hydrogens is 290 g/mol. The van der Waals surface area contributed by atoms with Crippen LogP contribution in [0.25, 0.3) is 5.52 Å². The molecule has 1 atom stereocenters. The molecule has 6 heteroatoms. The molecule has 0 aliphatic carbocycles. The maximum absolute atomic E-state index is 12.6. The van der Waals surface area contributed by atoms with E-state index in [2.05, 4.69) is 15.3 Å². The number of aromatic nitrogens is 2. The first-order valence-corrected chi connectivity index (χ1v) is 8.45. The number of carbonyl (C=O) groups is 1. The summed E-state index contributed by atoms with van der Waals surface area (Å²) in [6.45, 7) is 6.08. The Bertz CT molecular complexity index is 691. The van der Waals surface area contributed by atoms with Crippen molar-refractivity contribution in [2.24, 2.45) is 0 Å². The van der Waals surface area contributed by atoms with Gasteiger partial charge in [0.15, 0.2) is 0 Å². The number of nitrogens with zero attached hydrogens (tertiary/aromatic N) is 4. The number of amides is 1. The topological polar surface area (TPSA) is 52.9 Å². The van der Waals surface area contributed by atoms with Crippen LogP contribution < -0.4 is 5.32 Å². The number of hydrogen-bond donors (Lipinski definition) is 1. The Labute approximate surface area is 136 Å². The van der Waals surface area contributed by atoms with Gasteiger partial charge in [-0.05, 0) is 18.6 Å². The van der Waals surface area contributed by atoms with Crippen LogP contribution in [0.1, 0.15) is 12.0 Å². The second-order valence-corrected chi connectivity index (χ2v) is 6.45. The predicted octanol–water partition coefficient (Wildman–Crippen LogP) is 0.383. The molecule has 6 nitrogen and oxygen atoms in total. The molecular formula is C17H23N5O. The monoisotopic (exact) mass is 313 g/mol. The van der Waals surface area contributed by atoms with E-state index >= 15 is 0 Å². The van der Waals surface area contributed by atoms with Crippen molar-refractivity contribution in [3.63, 3.8) is 0 Å². The van der Waals surface area contributed by atoms with Gasteiger partial charge in [0.05, 0.1) is 18.1 Å². The van der Waals surface area contributed by atoms with Crippen LogP contribution in [-0.2, 0) is 11.2 Å². The Morgan fingerprint density at radius 1 is 1.26 bits per heavy atom. The first kappa shape index (κ1) is 14.7. The van der Waals surface area contributed by atoms with Crippen molar-refractivity contribution in [1.29, 1.82) is 0 Å². The number of pyridine rings is 1. The minimum atomic E-state index is 0.224. The third-order valence-corrected chi connectivity index (χ3v) is 5.03. The molecule has 1 N–H and O–H groups in total. The fourth-order valence-electron chi connectivity index (χ4n) is 3.71. The van der Waals surface area contributed by atoms with E-state index in [0.29, 0.717) is 12.5 Å². The SMILES string of the molecule is O=C(Cc1cnn2ccccc12)N1CCC(N2CCNCC2)C1. The zero-order valence-corrected chi connectivity index (χ0v) is 13.3. The number of likely N-dealkylation sites (tertiary alicyclic amines) is 1. The highest BCUT2D eigenvalue weighted by Crippen LogP contribution is 2.18. The molecule has 0 radical (unpaired) electrons. The highest BCUT2D eigenvalue weighted by Gasteiger charge is 2.31. The van der Waals surface area contributed by atoms with Gasteiger partial charge in [-0.25, -0.2) is 4.52 Å². The third kappa shape index (κ3) is 2.96. The van der Waals surface area contributed by atoms with Gasteiger partial charge in [0.1, 0.15) is 0 Å². The summed E-state index contributed by atoms with van der Waals surface area (Å²) in [6, 6.07) is 6.49. The molecule has 0 aromatic carbocycles. The largest absolute Gasteiger partial charge is 0.341 e. The summed E-state index contributed by atoms with van der Waals surface area (Å²) in [4.78, 5) is 17.2. The van der Waals surface area contributed by atoms with Crippen molar-refractivity contribution in [2.45, 2.75) is 18.9 Å². The summed E-state index contributed by atoms with van der Waals surface area (Å²) in [7, 11) is 0. The van der Waals surface area contributed by atoms with Crippen LogP contribution >= 0.6 is 0 Å². The van der Waals surface area contributed by atoms with E-state index < -0.39 is 0 Å². The summed E-state index contributed by atoms with van der Waals surface area (Å²) < 4.78 is 1.83. The van der Waals surface area contributed by atoms with Gasteiger partial charge in [-0.1, -0.05) is 6.07 Å². The van der Waals surface area contributed by atoms with Gasteiger partial charge in [-0.3, -0.25) is 9.69 Å². The molecule has 2 aromatic rings. The van der Waals surface area contributed by atoms with Crippen molar-refractivity contribution < 1.29 is 4.79 Å². The Morgan fingerprint density at radius 2 is 2.13 bits per heavy atom. The average molecular weight is 313 g/mol. The second kappa shape index (κ2) is 6.29. The third-order valence-electron chi connectivity index (χ3n) is 5.03. The molecule has 2 fully saturated rings. The van der Waals surface area contributed by atoms with Gasteiger partial charge in [0.25, 0.3) is 0 Å². The number of carbonyl (C=O) groups excluding carboxylic acids is 1. The Balaban J connectivity index is 1.40. The number of rotatable bonds is 3. The molecule has 2 aliphatic rings. The number of nitrogens with one attached hydrogen (secondary N) is 1. The van der Waals surface area contributed by atoms with E-state index in [1.165, 1.54) is 0 Å². The molecule has 0 bridgehead atoms. The Morgan fingerprint density at radius 3 is 3.00 bits per heavy atom. The molecule has 0 spiro atoms. The molecule has 2 aromatic heterocycles. The summed E-state index contributed by atoms with van der Waals surface area (Å²) in [5.41, 5.74) is 2.04.